The van der Waals surface area contributed by atoms with Gasteiger partial charge in [-0.3, -0.25) is 4.79 Å². The maximum Gasteiger partial charge on any atom is 0.343 e. The van der Waals surface area contributed by atoms with Crippen molar-refractivity contribution in [3.05, 3.63) is 112 Å². The number of carbonyl (C=O) groups is 2. The highest BCUT2D eigenvalue weighted by Gasteiger charge is 2.14. The molecule has 0 bridgehead atoms. The minimum absolute atomic E-state index is 0.331. The lowest BCUT2D eigenvalue weighted by atomic mass is 10.0. The van der Waals surface area contributed by atoms with Gasteiger partial charge in [-0.25, -0.2) is 10.2 Å². The molecule has 0 aliphatic rings. The van der Waals surface area contributed by atoms with E-state index in [9.17, 15) is 9.59 Å². The highest BCUT2D eigenvalue weighted by molar-refractivity contribution is 6.30. The van der Waals surface area contributed by atoms with Gasteiger partial charge in [0.1, 0.15) is 5.75 Å². The number of hydrazone groups is 1. The first-order valence-electron chi connectivity index (χ1n) is 9.91. The monoisotopic (exact) mass is 442 g/mol. The lowest BCUT2D eigenvalue weighted by Crippen LogP contribution is -2.17. The predicted octanol–water partition coefficient (Wildman–Crippen LogP) is 5.78. The standard InChI is InChI=1S/C26H19ClN2O3/c1-17-6-8-19(9-7-17)25(30)29-28-16-23-22-5-3-2-4-18(22)12-15-24(23)32-26(31)20-10-13-21(27)14-11-20/h2-16H,1H3,(H,29,30)/b28-16-. The highest BCUT2D eigenvalue weighted by Crippen LogP contribution is 2.27. The summed E-state index contributed by atoms with van der Waals surface area (Å²) in [5.74, 6) is -0.520. The number of hydrogen-bond donors (Lipinski definition) is 1. The van der Waals surface area contributed by atoms with E-state index in [1.165, 1.54) is 6.21 Å². The molecule has 0 radical (unpaired) electrons. The highest BCUT2D eigenvalue weighted by atomic mass is 35.5. The van der Waals surface area contributed by atoms with Crippen LogP contribution in [0, 0.1) is 6.92 Å². The van der Waals surface area contributed by atoms with E-state index in [1.807, 2.05) is 49.4 Å². The molecule has 0 aromatic heterocycles. The van der Waals surface area contributed by atoms with Crippen molar-refractivity contribution in [3.63, 3.8) is 0 Å². The third kappa shape index (κ3) is 4.85. The summed E-state index contributed by atoms with van der Waals surface area (Å²) in [6.45, 7) is 1.95. The first-order valence-corrected chi connectivity index (χ1v) is 10.3. The third-order valence-corrected chi connectivity index (χ3v) is 5.14. The van der Waals surface area contributed by atoms with E-state index in [0.717, 1.165) is 16.3 Å². The van der Waals surface area contributed by atoms with Crippen LogP contribution >= 0.6 is 11.6 Å². The molecule has 6 heteroatoms. The summed E-state index contributed by atoms with van der Waals surface area (Å²) in [5, 5.41) is 6.43. The molecule has 1 amide bonds. The van der Waals surface area contributed by atoms with E-state index in [2.05, 4.69) is 10.5 Å². The van der Waals surface area contributed by atoms with E-state index in [1.54, 1.807) is 42.5 Å². The van der Waals surface area contributed by atoms with Crippen molar-refractivity contribution in [2.24, 2.45) is 5.10 Å². The van der Waals surface area contributed by atoms with Crippen molar-refractivity contribution in [1.82, 2.24) is 5.43 Å². The maximum atomic E-state index is 12.6. The number of nitrogens with one attached hydrogen (secondary N) is 1. The molecule has 4 aromatic rings. The van der Waals surface area contributed by atoms with Crippen LogP contribution in [0.5, 0.6) is 5.75 Å². The summed E-state index contributed by atoms with van der Waals surface area (Å²) >= 11 is 5.90. The van der Waals surface area contributed by atoms with E-state index in [0.29, 0.717) is 27.5 Å². The third-order valence-electron chi connectivity index (χ3n) is 4.89. The number of fused-ring (bicyclic) bond motifs is 1. The van der Waals surface area contributed by atoms with Crippen LogP contribution in [0.15, 0.2) is 90.0 Å². The van der Waals surface area contributed by atoms with Gasteiger partial charge in [0.2, 0.25) is 0 Å². The number of nitrogens with zero attached hydrogens (tertiary/aromatic N) is 1. The van der Waals surface area contributed by atoms with Crippen molar-refractivity contribution in [2.75, 3.05) is 0 Å². The van der Waals surface area contributed by atoms with Crippen LogP contribution in [0.3, 0.4) is 0 Å². The molecule has 5 nitrogen and oxygen atoms in total. The molecule has 0 atom stereocenters. The molecule has 0 heterocycles. The topological polar surface area (TPSA) is 67.8 Å². The predicted molar refractivity (Wildman–Crippen MR) is 127 cm³/mol. The Kier molecular flexibility index (Phi) is 6.29. The molecule has 0 saturated heterocycles. The summed E-state index contributed by atoms with van der Waals surface area (Å²) in [6.07, 6.45) is 1.49. The number of halogens is 1. The Morgan fingerprint density at radius 2 is 1.56 bits per heavy atom. The summed E-state index contributed by atoms with van der Waals surface area (Å²) in [4.78, 5) is 25.0. The number of amides is 1. The molecule has 0 spiro atoms. The van der Waals surface area contributed by atoms with Gasteiger partial charge in [-0.05, 0) is 60.2 Å². The zero-order valence-electron chi connectivity index (χ0n) is 17.2. The SMILES string of the molecule is Cc1ccc(C(=O)N/N=C\c2c(OC(=O)c3ccc(Cl)cc3)ccc3ccccc23)cc1. The van der Waals surface area contributed by atoms with Crippen molar-refractivity contribution >= 4 is 40.5 Å². The van der Waals surface area contributed by atoms with Gasteiger partial charge in [-0.15, -0.1) is 0 Å². The van der Waals surface area contributed by atoms with Gasteiger partial charge in [-0.2, -0.15) is 5.10 Å². The summed E-state index contributed by atoms with van der Waals surface area (Å²) in [6, 6.07) is 24.9. The van der Waals surface area contributed by atoms with E-state index >= 15 is 0 Å². The first-order chi connectivity index (χ1) is 15.5. The minimum atomic E-state index is -0.518. The van der Waals surface area contributed by atoms with Crippen LogP contribution in [-0.2, 0) is 0 Å². The molecule has 0 aliphatic heterocycles. The van der Waals surface area contributed by atoms with Crippen LogP contribution in [0.2, 0.25) is 5.02 Å². The fraction of sp³-hybridized carbons (Fsp3) is 0.0385. The average molecular weight is 443 g/mol. The van der Waals surface area contributed by atoms with E-state index < -0.39 is 5.97 Å². The second-order valence-corrected chi connectivity index (χ2v) is 7.60. The Bertz CT molecular complexity index is 1310. The van der Waals surface area contributed by atoms with E-state index in [-0.39, 0.29) is 5.91 Å². The van der Waals surface area contributed by atoms with Crippen molar-refractivity contribution in [3.8, 4) is 5.75 Å². The molecule has 1 N–H and O–H groups in total. The van der Waals surface area contributed by atoms with Crippen molar-refractivity contribution < 1.29 is 14.3 Å². The summed E-state index contributed by atoms with van der Waals surface area (Å²) in [7, 11) is 0. The van der Waals surface area contributed by atoms with Gasteiger partial charge in [-0.1, -0.05) is 59.6 Å². The Morgan fingerprint density at radius 1 is 0.875 bits per heavy atom. The number of hydrogen-bond acceptors (Lipinski definition) is 4. The molecule has 158 valence electrons. The molecule has 4 rings (SSSR count). The zero-order chi connectivity index (χ0) is 22.5. The minimum Gasteiger partial charge on any atom is -0.422 e. The fourth-order valence-electron chi connectivity index (χ4n) is 3.17. The number of aryl methyl sites for hydroxylation is 1. The van der Waals surface area contributed by atoms with Gasteiger partial charge >= 0.3 is 5.97 Å². The van der Waals surface area contributed by atoms with Gasteiger partial charge in [0.15, 0.2) is 0 Å². The van der Waals surface area contributed by atoms with Crippen LogP contribution in [0.1, 0.15) is 31.8 Å². The number of benzene rings is 4. The average Bonchev–Trinajstić information content (AvgIpc) is 2.81. The maximum absolute atomic E-state index is 12.6. The van der Waals surface area contributed by atoms with Crippen LogP contribution in [-0.4, -0.2) is 18.1 Å². The number of rotatable bonds is 5. The smallest absolute Gasteiger partial charge is 0.343 e. The Morgan fingerprint density at radius 3 is 2.31 bits per heavy atom. The second kappa shape index (κ2) is 9.45. The van der Waals surface area contributed by atoms with Crippen molar-refractivity contribution in [1.29, 1.82) is 0 Å². The quantitative estimate of drug-likeness (QED) is 0.184. The Hall–Kier alpha value is -3.96. The van der Waals surface area contributed by atoms with Crippen LogP contribution in [0.4, 0.5) is 0 Å². The summed E-state index contributed by atoms with van der Waals surface area (Å²) in [5.41, 5.74) is 5.04. The molecule has 4 aromatic carbocycles. The lowest BCUT2D eigenvalue weighted by molar-refractivity contribution is 0.0734. The summed E-state index contributed by atoms with van der Waals surface area (Å²) < 4.78 is 5.65. The van der Waals surface area contributed by atoms with Gasteiger partial charge in [0.25, 0.3) is 5.91 Å². The van der Waals surface area contributed by atoms with E-state index in [4.69, 9.17) is 16.3 Å². The van der Waals surface area contributed by atoms with Crippen LogP contribution < -0.4 is 10.2 Å². The molecule has 0 saturated carbocycles. The molecule has 0 fully saturated rings. The number of carbonyl (C=O) groups excluding carboxylic acids is 2. The Balaban J connectivity index is 1.62. The normalized spacial score (nSPS) is 10.9. The Labute approximate surface area is 190 Å². The second-order valence-electron chi connectivity index (χ2n) is 7.16. The zero-order valence-corrected chi connectivity index (χ0v) is 18.0. The largest absolute Gasteiger partial charge is 0.422 e. The first kappa shape index (κ1) is 21.3. The van der Waals surface area contributed by atoms with Crippen LogP contribution in [0.25, 0.3) is 10.8 Å². The molecular formula is C26H19ClN2O3. The van der Waals surface area contributed by atoms with Gasteiger partial charge in [0, 0.05) is 16.1 Å². The van der Waals surface area contributed by atoms with Gasteiger partial charge in [0.05, 0.1) is 11.8 Å². The number of ether oxygens (including phenoxy) is 1. The molecule has 32 heavy (non-hydrogen) atoms. The lowest BCUT2D eigenvalue weighted by Gasteiger charge is -2.10. The number of esters is 1. The molecule has 0 aliphatic carbocycles. The molecule has 0 unspecified atom stereocenters. The van der Waals surface area contributed by atoms with Crippen molar-refractivity contribution in [2.45, 2.75) is 6.92 Å². The van der Waals surface area contributed by atoms with Gasteiger partial charge < -0.3 is 4.74 Å². The fourth-order valence-corrected chi connectivity index (χ4v) is 3.29. The molecular weight excluding hydrogens is 424 g/mol.